The average Bonchev–Trinajstić information content (AvgIpc) is 2.34. The Labute approximate surface area is 133 Å². The summed E-state index contributed by atoms with van der Waals surface area (Å²) in [5.74, 6) is -1.76. The van der Waals surface area contributed by atoms with Gasteiger partial charge in [0.1, 0.15) is 0 Å². The van der Waals surface area contributed by atoms with E-state index >= 15 is 0 Å². The maximum Gasteiger partial charge on any atom is 0.337 e. The predicted molar refractivity (Wildman–Crippen MR) is 84.1 cm³/mol. The number of halogens is 1. The standard InChI is InChI=1S/C15H19ClN2O4/c1-15(2,3)7-12(19)17-8-13(20)18-9-4-5-10(14(21)22)11(16)6-9/h4-6H,7-8H2,1-3H3,(H,17,19)(H,18,20)(H,21,22). The number of rotatable bonds is 5. The van der Waals surface area contributed by atoms with E-state index in [-0.39, 0.29) is 28.5 Å². The van der Waals surface area contributed by atoms with Gasteiger partial charge in [0.05, 0.1) is 17.1 Å². The van der Waals surface area contributed by atoms with E-state index in [0.717, 1.165) is 0 Å². The van der Waals surface area contributed by atoms with E-state index in [1.165, 1.54) is 18.2 Å². The van der Waals surface area contributed by atoms with E-state index in [0.29, 0.717) is 12.1 Å². The highest BCUT2D eigenvalue weighted by molar-refractivity contribution is 6.33. The van der Waals surface area contributed by atoms with Crippen molar-refractivity contribution in [3.63, 3.8) is 0 Å². The molecule has 7 heteroatoms. The quantitative estimate of drug-likeness (QED) is 0.774. The molecule has 2 amide bonds. The lowest BCUT2D eigenvalue weighted by atomic mass is 9.92. The zero-order valence-corrected chi connectivity index (χ0v) is 13.5. The summed E-state index contributed by atoms with van der Waals surface area (Å²) >= 11 is 5.81. The van der Waals surface area contributed by atoms with Crippen LogP contribution in [0.2, 0.25) is 5.02 Å². The molecule has 0 aliphatic carbocycles. The Kier molecular flexibility index (Phi) is 5.93. The van der Waals surface area contributed by atoms with Crippen LogP contribution in [-0.2, 0) is 9.59 Å². The summed E-state index contributed by atoms with van der Waals surface area (Å²) < 4.78 is 0. The molecule has 0 aromatic heterocycles. The highest BCUT2D eigenvalue weighted by Crippen LogP contribution is 2.21. The van der Waals surface area contributed by atoms with E-state index in [4.69, 9.17) is 16.7 Å². The second-order valence-electron chi connectivity index (χ2n) is 6.06. The summed E-state index contributed by atoms with van der Waals surface area (Å²) in [5, 5.41) is 13.9. The molecule has 6 nitrogen and oxygen atoms in total. The van der Waals surface area contributed by atoms with Crippen LogP contribution < -0.4 is 10.6 Å². The number of nitrogens with one attached hydrogen (secondary N) is 2. The van der Waals surface area contributed by atoms with Crippen LogP contribution in [0.3, 0.4) is 0 Å². The van der Waals surface area contributed by atoms with Gasteiger partial charge in [-0.15, -0.1) is 0 Å². The van der Waals surface area contributed by atoms with Crippen LogP contribution in [0.4, 0.5) is 5.69 Å². The zero-order valence-electron chi connectivity index (χ0n) is 12.7. The van der Waals surface area contributed by atoms with Crippen LogP contribution in [0.1, 0.15) is 37.6 Å². The fraction of sp³-hybridized carbons (Fsp3) is 0.400. The summed E-state index contributed by atoms with van der Waals surface area (Å²) in [5.41, 5.74) is 0.170. The van der Waals surface area contributed by atoms with Crippen molar-refractivity contribution < 1.29 is 19.5 Å². The SMILES string of the molecule is CC(C)(C)CC(=O)NCC(=O)Nc1ccc(C(=O)O)c(Cl)c1. The van der Waals surface area contributed by atoms with Crippen molar-refractivity contribution in [1.29, 1.82) is 0 Å². The van der Waals surface area contributed by atoms with Crippen LogP contribution >= 0.6 is 11.6 Å². The van der Waals surface area contributed by atoms with E-state index in [1.54, 1.807) is 0 Å². The lowest BCUT2D eigenvalue weighted by Crippen LogP contribution is -2.34. The van der Waals surface area contributed by atoms with E-state index < -0.39 is 11.9 Å². The average molecular weight is 327 g/mol. The van der Waals surface area contributed by atoms with E-state index in [2.05, 4.69) is 10.6 Å². The molecule has 1 aromatic carbocycles. The van der Waals surface area contributed by atoms with Gasteiger partial charge in [0.2, 0.25) is 11.8 Å². The van der Waals surface area contributed by atoms with Gasteiger partial charge in [0.25, 0.3) is 0 Å². The summed E-state index contributed by atoms with van der Waals surface area (Å²) in [6, 6.07) is 4.09. The molecule has 0 fully saturated rings. The summed E-state index contributed by atoms with van der Waals surface area (Å²) in [6.45, 7) is 5.63. The summed E-state index contributed by atoms with van der Waals surface area (Å²) in [4.78, 5) is 34.2. The Morgan fingerprint density at radius 3 is 2.32 bits per heavy atom. The van der Waals surface area contributed by atoms with Crippen LogP contribution in [-0.4, -0.2) is 29.4 Å². The van der Waals surface area contributed by atoms with Gasteiger partial charge in [-0.05, 0) is 23.6 Å². The minimum atomic E-state index is -1.14. The van der Waals surface area contributed by atoms with Gasteiger partial charge in [-0.2, -0.15) is 0 Å². The summed E-state index contributed by atoms with van der Waals surface area (Å²) in [6.07, 6.45) is 0.319. The molecule has 3 N–H and O–H groups in total. The minimum Gasteiger partial charge on any atom is -0.478 e. The molecule has 0 saturated heterocycles. The number of anilines is 1. The van der Waals surface area contributed by atoms with Crippen LogP contribution in [0.25, 0.3) is 0 Å². The molecular weight excluding hydrogens is 308 g/mol. The highest BCUT2D eigenvalue weighted by Gasteiger charge is 2.16. The number of benzene rings is 1. The lowest BCUT2D eigenvalue weighted by molar-refractivity contribution is -0.125. The van der Waals surface area contributed by atoms with Gasteiger partial charge >= 0.3 is 5.97 Å². The number of carbonyl (C=O) groups excluding carboxylic acids is 2. The number of aromatic carboxylic acids is 1. The second kappa shape index (κ2) is 7.26. The van der Waals surface area contributed by atoms with Gasteiger partial charge in [-0.1, -0.05) is 32.4 Å². The smallest absolute Gasteiger partial charge is 0.337 e. The van der Waals surface area contributed by atoms with Gasteiger partial charge in [-0.3, -0.25) is 9.59 Å². The van der Waals surface area contributed by atoms with Crippen molar-refractivity contribution in [2.24, 2.45) is 5.41 Å². The van der Waals surface area contributed by atoms with Crippen molar-refractivity contribution in [3.8, 4) is 0 Å². The fourth-order valence-corrected chi connectivity index (χ4v) is 1.96. The number of hydrogen-bond donors (Lipinski definition) is 3. The minimum absolute atomic E-state index is 0.0297. The topological polar surface area (TPSA) is 95.5 Å². The molecule has 1 aromatic rings. The Hall–Kier alpha value is -2.08. The molecular formula is C15H19ClN2O4. The molecule has 0 bridgehead atoms. The number of carboxylic acids is 1. The first-order valence-corrected chi connectivity index (χ1v) is 7.06. The van der Waals surface area contributed by atoms with Crippen molar-refractivity contribution in [2.45, 2.75) is 27.2 Å². The number of carboxylic acid groups (broad SMARTS) is 1. The predicted octanol–water partition coefficient (Wildman–Crippen LogP) is 2.53. The van der Waals surface area contributed by atoms with Gasteiger partial charge < -0.3 is 15.7 Å². The first kappa shape index (κ1) is 18.0. The maximum absolute atomic E-state index is 11.7. The normalized spacial score (nSPS) is 10.9. The third-order valence-corrected chi connectivity index (χ3v) is 2.93. The molecule has 0 saturated carbocycles. The van der Waals surface area contributed by atoms with E-state index in [9.17, 15) is 14.4 Å². The number of hydrogen-bond acceptors (Lipinski definition) is 3. The third-order valence-electron chi connectivity index (χ3n) is 2.62. The Bertz CT molecular complexity index is 594. The van der Waals surface area contributed by atoms with Crippen molar-refractivity contribution in [3.05, 3.63) is 28.8 Å². The number of carbonyl (C=O) groups is 3. The Balaban J connectivity index is 2.54. The zero-order chi connectivity index (χ0) is 16.9. The molecule has 22 heavy (non-hydrogen) atoms. The van der Waals surface area contributed by atoms with Crippen LogP contribution in [0.15, 0.2) is 18.2 Å². The molecule has 0 aliphatic rings. The van der Waals surface area contributed by atoms with Crippen molar-refractivity contribution in [1.82, 2.24) is 5.32 Å². The molecule has 0 atom stereocenters. The Morgan fingerprint density at radius 2 is 1.82 bits per heavy atom. The largest absolute Gasteiger partial charge is 0.478 e. The molecule has 0 aliphatic heterocycles. The molecule has 120 valence electrons. The van der Waals surface area contributed by atoms with Crippen LogP contribution in [0.5, 0.6) is 0 Å². The Morgan fingerprint density at radius 1 is 1.18 bits per heavy atom. The van der Waals surface area contributed by atoms with Crippen molar-refractivity contribution in [2.75, 3.05) is 11.9 Å². The first-order valence-electron chi connectivity index (χ1n) is 6.68. The molecule has 1 rings (SSSR count). The first-order chi connectivity index (χ1) is 10.1. The van der Waals surface area contributed by atoms with Crippen LogP contribution in [0, 0.1) is 5.41 Å². The van der Waals surface area contributed by atoms with Gasteiger partial charge in [0.15, 0.2) is 0 Å². The fourth-order valence-electron chi connectivity index (χ4n) is 1.69. The van der Waals surface area contributed by atoms with Gasteiger partial charge in [0, 0.05) is 12.1 Å². The van der Waals surface area contributed by atoms with Crippen molar-refractivity contribution >= 4 is 35.1 Å². The monoisotopic (exact) mass is 326 g/mol. The third kappa shape index (κ3) is 6.13. The summed E-state index contributed by atoms with van der Waals surface area (Å²) in [7, 11) is 0. The molecule has 0 heterocycles. The number of amides is 2. The molecule has 0 unspecified atom stereocenters. The molecule has 0 spiro atoms. The highest BCUT2D eigenvalue weighted by atomic mass is 35.5. The lowest BCUT2D eigenvalue weighted by Gasteiger charge is -2.17. The molecule has 0 radical (unpaired) electrons. The van der Waals surface area contributed by atoms with E-state index in [1.807, 2.05) is 20.8 Å². The maximum atomic E-state index is 11.7. The van der Waals surface area contributed by atoms with Gasteiger partial charge in [-0.25, -0.2) is 4.79 Å². The second-order valence-corrected chi connectivity index (χ2v) is 6.47.